The van der Waals surface area contributed by atoms with Crippen LogP contribution in [0.15, 0.2) is 17.4 Å². The van der Waals surface area contributed by atoms with E-state index >= 15 is 0 Å². The Morgan fingerprint density at radius 2 is 2.25 bits per heavy atom. The summed E-state index contributed by atoms with van der Waals surface area (Å²) in [5, 5.41) is 0. The molecule has 0 atom stereocenters. The summed E-state index contributed by atoms with van der Waals surface area (Å²) >= 11 is 0. The highest BCUT2D eigenvalue weighted by Gasteiger charge is 1.98. The lowest BCUT2D eigenvalue weighted by molar-refractivity contribution is 0.390. The molecule has 0 bridgehead atoms. The number of halogens is 1. The van der Waals surface area contributed by atoms with E-state index in [0.717, 1.165) is 0 Å². The number of hydrogen-bond donors (Lipinski definition) is 0. The van der Waals surface area contributed by atoms with E-state index in [4.69, 9.17) is 0 Å². The molecular weight excluding hydrogens is 109 g/mol. The van der Waals surface area contributed by atoms with Gasteiger partial charge in [0.05, 0.1) is 7.11 Å². The Bertz CT molecular complexity index is 120. The fourth-order valence-corrected chi connectivity index (χ4v) is 0.323. The maximum absolute atomic E-state index is 11.9. The van der Waals surface area contributed by atoms with Gasteiger partial charge in [-0.1, -0.05) is 6.58 Å². The molecular formula is C5H8FNO. The molecule has 0 rings (SSSR count). The molecule has 0 aliphatic carbocycles. The van der Waals surface area contributed by atoms with Crippen molar-refractivity contribution in [1.82, 2.24) is 0 Å². The van der Waals surface area contributed by atoms with Gasteiger partial charge in [-0.05, 0) is 0 Å². The average Bonchev–Trinajstić information content (AvgIpc) is 1.69. The molecule has 0 saturated heterocycles. The van der Waals surface area contributed by atoms with Crippen LogP contribution < -0.4 is 0 Å². The summed E-state index contributed by atoms with van der Waals surface area (Å²) in [5.41, 5.74) is 0. The minimum Gasteiger partial charge on any atom is -0.479 e. The minimum absolute atomic E-state index is 0.0509. The smallest absolute Gasteiger partial charge is 0.244 e. The second kappa shape index (κ2) is 3.18. The van der Waals surface area contributed by atoms with Crippen molar-refractivity contribution in [2.45, 2.75) is 0 Å². The van der Waals surface area contributed by atoms with Gasteiger partial charge in [0.25, 0.3) is 0 Å². The SMILES string of the molecule is C=C(F)C(=NC)OC. The molecule has 0 spiro atoms. The summed E-state index contributed by atoms with van der Waals surface area (Å²) in [4.78, 5) is 3.43. The predicted octanol–water partition coefficient (Wildman–Crippen LogP) is 1.14. The van der Waals surface area contributed by atoms with Gasteiger partial charge in [-0.3, -0.25) is 4.99 Å². The molecule has 0 amide bonds. The van der Waals surface area contributed by atoms with Crippen molar-refractivity contribution >= 4 is 5.90 Å². The third-order valence-corrected chi connectivity index (χ3v) is 0.628. The van der Waals surface area contributed by atoms with Crippen LogP contribution in [-0.2, 0) is 4.74 Å². The quantitative estimate of drug-likeness (QED) is 0.373. The summed E-state index contributed by atoms with van der Waals surface area (Å²) in [5.74, 6) is -0.694. The van der Waals surface area contributed by atoms with Crippen LogP contribution >= 0.6 is 0 Å². The number of nitrogens with zero attached hydrogens (tertiary/aromatic N) is 1. The molecule has 0 heterocycles. The lowest BCUT2D eigenvalue weighted by Crippen LogP contribution is -1.99. The average molecular weight is 117 g/mol. The summed E-state index contributed by atoms with van der Waals surface area (Å²) in [7, 11) is 2.77. The first-order valence-electron chi connectivity index (χ1n) is 2.08. The molecule has 3 heteroatoms. The lowest BCUT2D eigenvalue weighted by atomic mass is 10.6. The number of aliphatic imine (C=N–C) groups is 1. The van der Waals surface area contributed by atoms with Crippen LogP contribution in [0.4, 0.5) is 4.39 Å². The van der Waals surface area contributed by atoms with E-state index in [1.54, 1.807) is 0 Å². The Hall–Kier alpha value is -0.860. The largest absolute Gasteiger partial charge is 0.479 e. The van der Waals surface area contributed by atoms with Gasteiger partial charge >= 0.3 is 0 Å². The molecule has 8 heavy (non-hydrogen) atoms. The molecule has 0 aromatic carbocycles. The van der Waals surface area contributed by atoms with Crippen molar-refractivity contribution in [3.05, 3.63) is 12.4 Å². The van der Waals surface area contributed by atoms with E-state index in [-0.39, 0.29) is 5.90 Å². The van der Waals surface area contributed by atoms with Crippen LogP contribution in [0.1, 0.15) is 0 Å². The number of methoxy groups -OCH3 is 1. The van der Waals surface area contributed by atoms with Gasteiger partial charge in [-0.15, -0.1) is 0 Å². The Labute approximate surface area is 47.7 Å². The summed E-state index contributed by atoms with van der Waals surface area (Å²) < 4.78 is 16.4. The normalized spacial score (nSPS) is 11.1. The highest BCUT2D eigenvalue weighted by Crippen LogP contribution is 1.94. The van der Waals surface area contributed by atoms with E-state index in [1.807, 2.05) is 0 Å². The van der Waals surface area contributed by atoms with Gasteiger partial charge in [0, 0.05) is 7.05 Å². The highest BCUT2D eigenvalue weighted by atomic mass is 19.1. The highest BCUT2D eigenvalue weighted by molar-refractivity contribution is 5.90. The molecule has 0 aliphatic heterocycles. The van der Waals surface area contributed by atoms with Crippen LogP contribution in [0.5, 0.6) is 0 Å². The number of hydrogen-bond acceptors (Lipinski definition) is 2. The van der Waals surface area contributed by atoms with Crippen LogP contribution in [0.3, 0.4) is 0 Å². The Kier molecular flexibility index (Phi) is 2.84. The van der Waals surface area contributed by atoms with Crippen molar-refractivity contribution in [2.75, 3.05) is 14.2 Å². The molecule has 46 valence electrons. The Morgan fingerprint density at radius 3 is 2.25 bits per heavy atom. The fraction of sp³-hybridized carbons (Fsp3) is 0.400. The summed E-state index contributed by atoms with van der Waals surface area (Å²) in [6.45, 7) is 2.97. The van der Waals surface area contributed by atoms with Crippen LogP contribution in [0.2, 0.25) is 0 Å². The third kappa shape index (κ3) is 1.73. The standard InChI is InChI=1S/C5H8FNO/c1-4(6)5(7-2)8-3/h1H2,2-3H3. The van der Waals surface area contributed by atoms with Crippen LogP contribution in [-0.4, -0.2) is 20.1 Å². The molecule has 0 unspecified atom stereocenters. The number of rotatable bonds is 1. The summed E-state index contributed by atoms with van der Waals surface area (Å²) in [6.07, 6.45) is 0. The Morgan fingerprint density at radius 1 is 1.75 bits per heavy atom. The second-order valence-corrected chi connectivity index (χ2v) is 1.14. The minimum atomic E-state index is -0.644. The zero-order valence-corrected chi connectivity index (χ0v) is 4.94. The first kappa shape index (κ1) is 7.14. The Balaban J connectivity index is 3.92. The van der Waals surface area contributed by atoms with Crippen molar-refractivity contribution in [1.29, 1.82) is 0 Å². The van der Waals surface area contributed by atoms with E-state index in [0.29, 0.717) is 0 Å². The topological polar surface area (TPSA) is 21.6 Å². The first-order valence-corrected chi connectivity index (χ1v) is 2.08. The number of ether oxygens (including phenoxy) is 1. The van der Waals surface area contributed by atoms with Gasteiger partial charge in [0.15, 0.2) is 5.83 Å². The lowest BCUT2D eigenvalue weighted by Gasteiger charge is -1.96. The first-order chi connectivity index (χ1) is 3.72. The molecule has 0 fully saturated rings. The fourth-order valence-electron chi connectivity index (χ4n) is 0.323. The molecule has 0 saturated carbocycles. The van der Waals surface area contributed by atoms with E-state index in [9.17, 15) is 4.39 Å². The van der Waals surface area contributed by atoms with E-state index in [2.05, 4.69) is 16.3 Å². The molecule has 0 N–H and O–H groups in total. The van der Waals surface area contributed by atoms with E-state index in [1.165, 1.54) is 14.2 Å². The van der Waals surface area contributed by atoms with Gasteiger partial charge < -0.3 is 4.74 Å². The third-order valence-electron chi connectivity index (χ3n) is 0.628. The van der Waals surface area contributed by atoms with Gasteiger partial charge in [-0.25, -0.2) is 4.39 Å². The van der Waals surface area contributed by atoms with Crippen molar-refractivity contribution < 1.29 is 9.13 Å². The monoisotopic (exact) mass is 117 g/mol. The van der Waals surface area contributed by atoms with Gasteiger partial charge in [0.1, 0.15) is 0 Å². The molecule has 0 radical (unpaired) electrons. The molecule has 0 aromatic rings. The van der Waals surface area contributed by atoms with E-state index < -0.39 is 5.83 Å². The van der Waals surface area contributed by atoms with Crippen molar-refractivity contribution in [2.24, 2.45) is 4.99 Å². The van der Waals surface area contributed by atoms with Crippen molar-refractivity contribution in [3.63, 3.8) is 0 Å². The van der Waals surface area contributed by atoms with Gasteiger partial charge in [-0.2, -0.15) is 0 Å². The van der Waals surface area contributed by atoms with Crippen LogP contribution in [0, 0.1) is 0 Å². The summed E-state index contributed by atoms with van der Waals surface area (Å²) in [6, 6.07) is 0. The van der Waals surface area contributed by atoms with Gasteiger partial charge in [0.2, 0.25) is 5.90 Å². The maximum Gasteiger partial charge on any atom is 0.244 e. The zero-order chi connectivity index (χ0) is 6.57. The van der Waals surface area contributed by atoms with Crippen LogP contribution in [0.25, 0.3) is 0 Å². The molecule has 0 aliphatic rings. The molecule has 0 aromatic heterocycles. The molecule has 2 nitrogen and oxygen atoms in total. The second-order valence-electron chi connectivity index (χ2n) is 1.14. The van der Waals surface area contributed by atoms with Crippen molar-refractivity contribution in [3.8, 4) is 0 Å². The predicted molar refractivity (Wildman–Crippen MR) is 30.6 cm³/mol. The maximum atomic E-state index is 11.9. The zero-order valence-electron chi connectivity index (χ0n) is 4.94.